The van der Waals surface area contributed by atoms with Crippen molar-refractivity contribution in [2.24, 2.45) is 0 Å². The van der Waals surface area contributed by atoms with Gasteiger partial charge in [0.1, 0.15) is 11.3 Å². The summed E-state index contributed by atoms with van der Waals surface area (Å²) in [5.74, 6) is 0.449. The zero-order chi connectivity index (χ0) is 18.8. The van der Waals surface area contributed by atoms with E-state index in [-0.39, 0.29) is 18.6 Å². The van der Waals surface area contributed by atoms with Crippen LogP contribution in [0.3, 0.4) is 0 Å². The molecule has 2 N–H and O–H groups in total. The molecule has 0 saturated heterocycles. The molecule has 5 nitrogen and oxygen atoms in total. The second-order valence-electron chi connectivity index (χ2n) is 6.89. The van der Waals surface area contributed by atoms with E-state index in [1.807, 2.05) is 49.4 Å². The van der Waals surface area contributed by atoms with Gasteiger partial charge in [-0.1, -0.05) is 30.3 Å². The summed E-state index contributed by atoms with van der Waals surface area (Å²) in [6.07, 6.45) is 3.17. The van der Waals surface area contributed by atoms with Crippen molar-refractivity contribution in [3.8, 4) is 0 Å². The topological polar surface area (TPSA) is 65.7 Å². The van der Waals surface area contributed by atoms with Gasteiger partial charge in [-0.25, -0.2) is 0 Å². The molecule has 1 aliphatic heterocycles. The van der Waals surface area contributed by atoms with Crippen molar-refractivity contribution in [2.45, 2.75) is 26.1 Å². The normalized spacial score (nSPS) is 15.3. The fourth-order valence-electron chi connectivity index (χ4n) is 3.41. The molecule has 0 radical (unpaired) electrons. The Balaban J connectivity index is 1.47. The van der Waals surface area contributed by atoms with Crippen LogP contribution in [0.4, 0.5) is 5.69 Å². The van der Waals surface area contributed by atoms with Gasteiger partial charge in [0.25, 0.3) is 0 Å². The van der Waals surface area contributed by atoms with Crippen LogP contribution < -0.4 is 5.32 Å². The summed E-state index contributed by atoms with van der Waals surface area (Å²) in [5.41, 5.74) is 3.92. The third kappa shape index (κ3) is 3.65. The minimum absolute atomic E-state index is 0.0916. The smallest absolute Gasteiger partial charge is 0.248 e. The molecule has 1 unspecified atom stereocenters. The summed E-state index contributed by atoms with van der Waals surface area (Å²) >= 11 is 0. The van der Waals surface area contributed by atoms with Gasteiger partial charge in [0, 0.05) is 36.3 Å². The number of nitrogens with one attached hydrogen (secondary N) is 1. The molecule has 4 rings (SSSR count). The predicted molar refractivity (Wildman–Crippen MR) is 106 cm³/mol. The number of nitrogens with zero attached hydrogens (tertiary/aromatic N) is 1. The highest BCUT2D eigenvalue weighted by atomic mass is 16.3. The number of hydrogen-bond donors (Lipinski definition) is 2. The molecular weight excluding hydrogens is 340 g/mol. The summed E-state index contributed by atoms with van der Waals surface area (Å²) in [4.78, 5) is 14.6. The summed E-state index contributed by atoms with van der Waals surface area (Å²) in [7, 11) is 0. The van der Waals surface area contributed by atoms with Gasteiger partial charge in [0.05, 0.1) is 6.61 Å². The van der Waals surface area contributed by atoms with Gasteiger partial charge in [-0.2, -0.15) is 0 Å². The summed E-state index contributed by atoms with van der Waals surface area (Å²) in [6, 6.07) is 15.7. The Morgan fingerprint density at radius 1 is 1.26 bits per heavy atom. The van der Waals surface area contributed by atoms with E-state index in [1.54, 1.807) is 6.08 Å². The Labute approximate surface area is 157 Å². The Morgan fingerprint density at radius 3 is 2.93 bits per heavy atom. The van der Waals surface area contributed by atoms with E-state index < -0.39 is 0 Å². The Morgan fingerprint density at radius 2 is 2.11 bits per heavy atom. The van der Waals surface area contributed by atoms with Gasteiger partial charge in [0.2, 0.25) is 5.91 Å². The minimum atomic E-state index is -0.197. The predicted octanol–water partition coefficient (Wildman–Crippen LogP) is 3.78. The number of amides is 1. The SMILES string of the molecule is CC(CO)N1Cc2cccc(NC(=O)/C=C/c3cc4ccccc4o3)c2C1. The molecule has 1 amide bonds. The lowest BCUT2D eigenvalue weighted by Crippen LogP contribution is -2.30. The first-order valence-corrected chi connectivity index (χ1v) is 9.07. The van der Waals surface area contributed by atoms with Crippen LogP contribution in [-0.4, -0.2) is 28.6 Å². The van der Waals surface area contributed by atoms with Crippen molar-refractivity contribution in [1.82, 2.24) is 4.90 Å². The van der Waals surface area contributed by atoms with E-state index in [0.29, 0.717) is 5.76 Å². The number of benzene rings is 2. The lowest BCUT2D eigenvalue weighted by molar-refractivity contribution is -0.111. The molecule has 2 heterocycles. The molecule has 1 atom stereocenters. The van der Waals surface area contributed by atoms with Crippen molar-refractivity contribution < 1.29 is 14.3 Å². The first-order valence-electron chi connectivity index (χ1n) is 9.07. The summed E-state index contributed by atoms with van der Waals surface area (Å²) < 4.78 is 5.70. The van der Waals surface area contributed by atoms with Crippen LogP contribution in [0.5, 0.6) is 0 Å². The van der Waals surface area contributed by atoms with Crippen LogP contribution in [0, 0.1) is 0 Å². The number of aliphatic hydroxyl groups excluding tert-OH is 1. The fourth-order valence-corrected chi connectivity index (χ4v) is 3.41. The average Bonchev–Trinajstić information content (AvgIpc) is 3.30. The number of fused-ring (bicyclic) bond motifs is 2. The maximum atomic E-state index is 12.4. The molecule has 2 aromatic carbocycles. The van der Waals surface area contributed by atoms with Crippen LogP contribution in [0.2, 0.25) is 0 Å². The number of anilines is 1. The molecule has 3 aromatic rings. The molecule has 0 aliphatic carbocycles. The third-order valence-corrected chi connectivity index (χ3v) is 5.00. The van der Waals surface area contributed by atoms with Crippen LogP contribution >= 0.6 is 0 Å². The molecule has 27 heavy (non-hydrogen) atoms. The number of aliphatic hydroxyl groups is 1. The standard InChI is InChI=1S/C22H22N2O3/c1-15(14-25)24-12-17-6-4-7-20(19(17)13-24)23-22(26)10-9-18-11-16-5-2-3-8-21(16)27-18/h2-11,15,25H,12-14H2,1H3,(H,23,26)/b10-9+. The monoisotopic (exact) mass is 362 g/mol. The first kappa shape index (κ1) is 17.5. The van der Waals surface area contributed by atoms with Gasteiger partial charge < -0.3 is 14.8 Å². The lowest BCUT2D eigenvalue weighted by Gasteiger charge is -2.21. The Kier molecular flexibility index (Phi) is 4.79. The highest BCUT2D eigenvalue weighted by Crippen LogP contribution is 2.30. The number of furan rings is 1. The Bertz CT molecular complexity index is 973. The molecule has 1 aliphatic rings. The van der Waals surface area contributed by atoms with E-state index in [1.165, 1.54) is 11.6 Å². The second-order valence-corrected chi connectivity index (χ2v) is 6.89. The van der Waals surface area contributed by atoms with Crippen LogP contribution in [0.15, 0.2) is 59.0 Å². The second kappa shape index (κ2) is 7.39. The first-order chi connectivity index (χ1) is 13.1. The molecule has 138 valence electrons. The zero-order valence-electron chi connectivity index (χ0n) is 15.2. The third-order valence-electron chi connectivity index (χ3n) is 5.00. The largest absolute Gasteiger partial charge is 0.457 e. The van der Waals surface area contributed by atoms with Crippen LogP contribution in [-0.2, 0) is 17.9 Å². The van der Waals surface area contributed by atoms with Crippen LogP contribution in [0.1, 0.15) is 23.8 Å². The molecule has 0 fully saturated rings. The van der Waals surface area contributed by atoms with Crippen molar-refractivity contribution in [2.75, 3.05) is 11.9 Å². The number of para-hydroxylation sites is 1. The number of hydrogen-bond acceptors (Lipinski definition) is 4. The van der Waals surface area contributed by atoms with E-state index >= 15 is 0 Å². The van der Waals surface area contributed by atoms with Gasteiger partial charge in [-0.05, 0) is 42.3 Å². The number of carbonyl (C=O) groups excluding carboxylic acids is 1. The van der Waals surface area contributed by atoms with Crippen LogP contribution in [0.25, 0.3) is 17.0 Å². The van der Waals surface area contributed by atoms with Gasteiger partial charge in [-0.15, -0.1) is 0 Å². The average molecular weight is 362 g/mol. The molecule has 1 aromatic heterocycles. The molecule has 0 saturated carbocycles. The van der Waals surface area contributed by atoms with E-state index in [4.69, 9.17) is 4.42 Å². The van der Waals surface area contributed by atoms with E-state index in [9.17, 15) is 9.90 Å². The Hall–Kier alpha value is -2.89. The highest BCUT2D eigenvalue weighted by Gasteiger charge is 2.25. The van der Waals surface area contributed by atoms with E-state index in [0.717, 1.165) is 35.3 Å². The number of rotatable bonds is 5. The summed E-state index contributed by atoms with van der Waals surface area (Å²) in [6.45, 7) is 3.63. The van der Waals surface area contributed by atoms with Crippen molar-refractivity contribution in [1.29, 1.82) is 0 Å². The fraction of sp³-hybridized carbons (Fsp3) is 0.227. The van der Waals surface area contributed by atoms with E-state index in [2.05, 4.69) is 16.3 Å². The molecule has 0 spiro atoms. The number of carbonyl (C=O) groups is 1. The quantitative estimate of drug-likeness (QED) is 0.678. The molecular formula is C22H22N2O3. The summed E-state index contributed by atoms with van der Waals surface area (Å²) in [5, 5.41) is 13.4. The van der Waals surface area contributed by atoms with Crippen molar-refractivity contribution in [3.63, 3.8) is 0 Å². The van der Waals surface area contributed by atoms with Gasteiger partial charge in [-0.3, -0.25) is 9.69 Å². The maximum Gasteiger partial charge on any atom is 0.248 e. The van der Waals surface area contributed by atoms with Crippen molar-refractivity contribution in [3.05, 3.63) is 71.5 Å². The van der Waals surface area contributed by atoms with Gasteiger partial charge in [0.15, 0.2) is 0 Å². The van der Waals surface area contributed by atoms with Gasteiger partial charge >= 0.3 is 0 Å². The lowest BCUT2D eigenvalue weighted by atomic mass is 10.1. The maximum absolute atomic E-state index is 12.4. The molecule has 0 bridgehead atoms. The molecule has 5 heteroatoms. The minimum Gasteiger partial charge on any atom is -0.457 e. The zero-order valence-corrected chi connectivity index (χ0v) is 15.2. The van der Waals surface area contributed by atoms with Crippen molar-refractivity contribution >= 4 is 28.6 Å². The highest BCUT2D eigenvalue weighted by molar-refractivity contribution is 6.02.